The Balaban J connectivity index is 2.56. The van der Waals surface area contributed by atoms with E-state index in [0.717, 1.165) is 12.0 Å². The molecule has 0 aliphatic heterocycles. The molecule has 0 heterocycles. The molecule has 25 heavy (non-hydrogen) atoms. The zero-order valence-electron chi connectivity index (χ0n) is 15.1. The lowest BCUT2D eigenvalue weighted by atomic mass is 9.94. The number of hydrogen-bond acceptors (Lipinski definition) is 4. The number of methoxy groups -OCH3 is 1. The lowest BCUT2D eigenvalue weighted by Gasteiger charge is -2.17. The van der Waals surface area contributed by atoms with Crippen LogP contribution < -0.4 is 10.1 Å². The summed E-state index contributed by atoms with van der Waals surface area (Å²) in [6.07, 6.45) is 1.18. The zero-order valence-corrected chi connectivity index (χ0v) is 15.1. The number of carbonyl (C=O) groups is 1. The molecule has 0 saturated carbocycles. The van der Waals surface area contributed by atoms with Crippen LogP contribution in [-0.4, -0.2) is 23.2 Å². The number of anilines is 1. The van der Waals surface area contributed by atoms with Crippen LogP contribution in [0.1, 0.15) is 45.1 Å². The summed E-state index contributed by atoms with van der Waals surface area (Å²) >= 11 is 0. The lowest BCUT2D eigenvalue weighted by Crippen LogP contribution is -2.11. The van der Waals surface area contributed by atoms with E-state index >= 15 is 0 Å². The fourth-order valence-electron chi connectivity index (χ4n) is 2.78. The van der Waals surface area contributed by atoms with E-state index in [1.807, 2.05) is 26.8 Å². The van der Waals surface area contributed by atoms with Gasteiger partial charge in [0.25, 0.3) is 0 Å². The van der Waals surface area contributed by atoms with E-state index in [-0.39, 0.29) is 23.3 Å². The van der Waals surface area contributed by atoms with Gasteiger partial charge in [-0.15, -0.1) is 0 Å². The molecule has 2 aromatic rings. The molecule has 2 aromatic carbocycles. The number of phenolic OH excluding ortho intramolecular Hbond substituents is 2. The Morgan fingerprint density at radius 2 is 1.88 bits per heavy atom. The van der Waals surface area contributed by atoms with Crippen molar-refractivity contribution in [2.75, 3.05) is 12.4 Å². The van der Waals surface area contributed by atoms with Gasteiger partial charge in [-0.3, -0.25) is 4.79 Å². The fourth-order valence-corrected chi connectivity index (χ4v) is 2.78. The molecule has 5 heteroatoms. The Morgan fingerprint density at radius 3 is 2.48 bits per heavy atom. The van der Waals surface area contributed by atoms with Crippen LogP contribution in [0.3, 0.4) is 0 Å². The van der Waals surface area contributed by atoms with Gasteiger partial charge in [-0.2, -0.15) is 0 Å². The number of ether oxygens (including phenoxy) is 1. The molecule has 1 amide bonds. The highest BCUT2D eigenvalue weighted by Gasteiger charge is 2.18. The van der Waals surface area contributed by atoms with Crippen molar-refractivity contribution in [3.8, 4) is 28.4 Å². The third-order valence-corrected chi connectivity index (χ3v) is 4.03. The molecule has 0 saturated heterocycles. The molecule has 0 radical (unpaired) electrons. The van der Waals surface area contributed by atoms with Gasteiger partial charge >= 0.3 is 0 Å². The molecule has 0 aromatic heterocycles. The van der Waals surface area contributed by atoms with Crippen molar-refractivity contribution in [2.24, 2.45) is 0 Å². The van der Waals surface area contributed by atoms with Crippen LogP contribution in [0.25, 0.3) is 11.1 Å². The summed E-state index contributed by atoms with van der Waals surface area (Å²) in [5, 5.41) is 23.2. The van der Waals surface area contributed by atoms with Crippen molar-refractivity contribution in [1.82, 2.24) is 0 Å². The van der Waals surface area contributed by atoms with Crippen molar-refractivity contribution in [1.29, 1.82) is 0 Å². The van der Waals surface area contributed by atoms with E-state index in [9.17, 15) is 15.0 Å². The first-order valence-electron chi connectivity index (χ1n) is 8.42. The molecular formula is C20H25NO4. The predicted molar refractivity (Wildman–Crippen MR) is 99.4 cm³/mol. The third-order valence-electron chi connectivity index (χ3n) is 4.03. The minimum Gasteiger partial charge on any atom is -0.508 e. The van der Waals surface area contributed by atoms with Gasteiger partial charge in [0.1, 0.15) is 17.2 Å². The number of rotatable bonds is 6. The van der Waals surface area contributed by atoms with E-state index in [1.165, 1.54) is 13.2 Å². The predicted octanol–water partition coefficient (Wildman–Crippen LogP) is 4.64. The highest BCUT2D eigenvalue weighted by molar-refractivity contribution is 5.94. The van der Waals surface area contributed by atoms with Gasteiger partial charge in [0.2, 0.25) is 5.91 Å². The van der Waals surface area contributed by atoms with E-state index in [4.69, 9.17) is 4.74 Å². The number of nitrogens with one attached hydrogen (secondary N) is 1. The molecule has 0 fully saturated rings. The summed E-state index contributed by atoms with van der Waals surface area (Å²) in [5.41, 5.74) is 2.48. The van der Waals surface area contributed by atoms with Gasteiger partial charge < -0.3 is 20.3 Å². The van der Waals surface area contributed by atoms with Crippen molar-refractivity contribution in [3.05, 3.63) is 35.9 Å². The van der Waals surface area contributed by atoms with Crippen LogP contribution in [0.5, 0.6) is 17.2 Å². The maximum absolute atomic E-state index is 11.9. The molecule has 0 unspecified atom stereocenters. The first-order chi connectivity index (χ1) is 11.9. The summed E-state index contributed by atoms with van der Waals surface area (Å²) < 4.78 is 5.51. The maximum Gasteiger partial charge on any atom is 0.224 e. The smallest absolute Gasteiger partial charge is 0.224 e. The van der Waals surface area contributed by atoms with Gasteiger partial charge in [0.05, 0.1) is 12.8 Å². The highest BCUT2D eigenvalue weighted by atomic mass is 16.5. The van der Waals surface area contributed by atoms with E-state index in [0.29, 0.717) is 29.0 Å². The van der Waals surface area contributed by atoms with Crippen molar-refractivity contribution in [2.45, 2.75) is 39.5 Å². The molecule has 0 aliphatic carbocycles. The monoisotopic (exact) mass is 343 g/mol. The minimum atomic E-state index is -0.0873. The molecule has 3 N–H and O–H groups in total. The quantitative estimate of drug-likeness (QED) is 0.714. The Bertz CT molecular complexity index is 769. The Hall–Kier alpha value is -2.69. The Kier molecular flexibility index (Phi) is 5.91. The SMILES string of the molecule is CCCC(=O)Nc1cccc(-c2cc(C(C)C)c(O)cc2O)c1OC. The summed E-state index contributed by atoms with van der Waals surface area (Å²) in [6.45, 7) is 5.87. The van der Waals surface area contributed by atoms with Crippen LogP contribution in [-0.2, 0) is 4.79 Å². The largest absolute Gasteiger partial charge is 0.508 e. The Labute approximate surface area is 148 Å². The molecule has 0 atom stereocenters. The zero-order chi connectivity index (χ0) is 18.6. The van der Waals surface area contributed by atoms with Crippen molar-refractivity contribution in [3.63, 3.8) is 0 Å². The molecule has 2 rings (SSSR count). The normalized spacial score (nSPS) is 10.8. The van der Waals surface area contributed by atoms with Gasteiger partial charge in [-0.25, -0.2) is 0 Å². The van der Waals surface area contributed by atoms with Crippen LogP contribution >= 0.6 is 0 Å². The number of para-hydroxylation sites is 1. The van der Waals surface area contributed by atoms with Gasteiger partial charge in [-0.1, -0.05) is 32.9 Å². The van der Waals surface area contributed by atoms with Gasteiger partial charge in [-0.05, 0) is 30.0 Å². The number of phenols is 2. The lowest BCUT2D eigenvalue weighted by molar-refractivity contribution is -0.116. The van der Waals surface area contributed by atoms with Crippen LogP contribution in [0.4, 0.5) is 5.69 Å². The average molecular weight is 343 g/mol. The van der Waals surface area contributed by atoms with E-state index < -0.39 is 0 Å². The molecule has 0 aliphatic rings. The third kappa shape index (κ3) is 4.05. The molecule has 134 valence electrons. The number of carbonyl (C=O) groups excluding carboxylic acids is 1. The van der Waals surface area contributed by atoms with Crippen LogP contribution in [0.15, 0.2) is 30.3 Å². The molecule has 5 nitrogen and oxygen atoms in total. The fraction of sp³-hybridized carbons (Fsp3) is 0.350. The average Bonchev–Trinajstić information content (AvgIpc) is 2.54. The number of hydrogen-bond donors (Lipinski definition) is 3. The molecule has 0 bridgehead atoms. The summed E-state index contributed by atoms with van der Waals surface area (Å²) in [6, 6.07) is 8.46. The Morgan fingerprint density at radius 1 is 1.16 bits per heavy atom. The van der Waals surface area contributed by atoms with Crippen LogP contribution in [0.2, 0.25) is 0 Å². The molecular weight excluding hydrogens is 318 g/mol. The molecule has 0 spiro atoms. The maximum atomic E-state index is 11.9. The highest BCUT2D eigenvalue weighted by Crippen LogP contribution is 2.43. The van der Waals surface area contributed by atoms with E-state index in [2.05, 4.69) is 5.32 Å². The summed E-state index contributed by atoms with van der Waals surface area (Å²) in [4.78, 5) is 11.9. The minimum absolute atomic E-state index is 0.0442. The van der Waals surface area contributed by atoms with Gasteiger partial charge in [0.15, 0.2) is 0 Å². The summed E-state index contributed by atoms with van der Waals surface area (Å²) in [5.74, 6) is 0.496. The van der Waals surface area contributed by atoms with Crippen LogP contribution in [0, 0.1) is 0 Å². The standard InChI is InChI=1S/C20H25NO4/c1-5-7-19(24)21-16-9-6-8-13(20(16)25-4)15-10-14(12(2)3)17(22)11-18(15)23/h6,8-12,22-23H,5,7H2,1-4H3,(H,21,24). The van der Waals surface area contributed by atoms with Gasteiger partial charge in [0, 0.05) is 23.6 Å². The second kappa shape index (κ2) is 7.92. The first kappa shape index (κ1) is 18.6. The number of benzene rings is 2. The number of amides is 1. The second-order valence-electron chi connectivity index (χ2n) is 6.27. The second-order valence-corrected chi connectivity index (χ2v) is 6.27. The topological polar surface area (TPSA) is 78.8 Å². The first-order valence-corrected chi connectivity index (χ1v) is 8.42. The van der Waals surface area contributed by atoms with Crippen molar-refractivity contribution < 1.29 is 19.7 Å². The number of aromatic hydroxyl groups is 2. The van der Waals surface area contributed by atoms with E-state index in [1.54, 1.807) is 18.2 Å². The van der Waals surface area contributed by atoms with Crippen molar-refractivity contribution >= 4 is 11.6 Å². The summed E-state index contributed by atoms with van der Waals surface area (Å²) in [7, 11) is 1.52.